The maximum Gasteiger partial charge on any atom is 0.224 e. The first kappa shape index (κ1) is 13.9. The van der Waals surface area contributed by atoms with Gasteiger partial charge in [-0.3, -0.25) is 4.79 Å². The summed E-state index contributed by atoms with van der Waals surface area (Å²) in [6.45, 7) is 0. The van der Waals surface area contributed by atoms with Crippen molar-refractivity contribution < 1.29 is 9.18 Å². The molecule has 0 radical (unpaired) electrons. The normalized spacial score (nSPS) is 13.5. The number of nitrogen functional groups attached to an aromatic ring is 1. The van der Waals surface area contributed by atoms with Crippen LogP contribution in [0.1, 0.15) is 12.0 Å². The highest BCUT2D eigenvalue weighted by Gasteiger charge is 2.17. The Morgan fingerprint density at radius 3 is 2.81 bits per heavy atom. The number of halogens is 2. The van der Waals surface area contributed by atoms with Crippen LogP contribution < -0.4 is 16.4 Å². The van der Waals surface area contributed by atoms with Crippen molar-refractivity contribution in [2.75, 3.05) is 16.4 Å². The van der Waals surface area contributed by atoms with Crippen LogP contribution in [0.15, 0.2) is 34.8 Å². The number of benzene rings is 2. The number of hydrogen-bond donors (Lipinski definition) is 3. The molecule has 3 rings (SSSR count). The van der Waals surface area contributed by atoms with E-state index in [1.54, 1.807) is 12.1 Å². The summed E-state index contributed by atoms with van der Waals surface area (Å²) < 4.78 is 14.1. The molecule has 0 fully saturated rings. The van der Waals surface area contributed by atoms with Gasteiger partial charge in [-0.2, -0.15) is 0 Å². The number of fused-ring (bicyclic) bond motifs is 1. The van der Waals surface area contributed by atoms with Gasteiger partial charge >= 0.3 is 0 Å². The Kier molecular flexibility index (Phi) is 3.55. The summed E-state index contributed by atoms with van der Waals surface area (Å²) in [6, 6.07) is 7.98. The number of hydrogen-bond acceptors (Lipinski definition) is 3. The highest BCUT2D eigenvalue weighted by Crippen LogP contribution is 2.34. The van der Waals surface area contributed by atoms with E-state index >= 15 is 0 Å². The van der Waals surface area contributed by atoms with E-state index in [1.165, 1.54) is 12.1 Å². The molecule has 4 N–H and O–H groups in total. The molecule has 6 heteroatoms. The van der Waals surface area contributed by atoms with Gasteiger partial charge in [0.2, 0.25) is 5.91 Å². The number of aryl methyl sites for hydroxylation is 1. The van der Waals surface area contributed by atoms with Crippen LogP contribution in [0.3, 0.4) is 0 Å². The third kappa shape index (κ3) is 2.85. The Balaban J connectivity index is 1.97. The predicted octanol–water partition coefficient (Wildman–Crippen LogP) is 3.80. The van der Waals surface area contributed by atoms with Gasteiger partial charge in [0.25, 0.3) is 0 Å². The van der Waals surface area contributed by atoms with Gasteiger partial charge in [-0.25, -0.2) is 4.39 Å². The molecule has 1 heterocycles. The van der Waals surface area contributed by atoms with E-state index in [2.05, 4.69) is 26.6 Å². The van der Waals surface area contributed by atoms with E-state index in [9.17, 15) is 9.18 Å². The van der Waals surface area contributed by atoms with Gasteiger partial charge in [0.1, 0.15) is 5.82 Å². The lowest BCUT2D eigenvalue weighted by atomic mass is 10.0. The second-order valence-corrected chi connectivity index (χ2v) is 5.75. The molecule has 0 spiro atoms. The lowest BCUT2D eigenvalue weighted by Gasteiger charge is -2.20. The summed E-state index contributed by atoms with van der Waals surface area (Å²) in [5.41, 5.74) is 9.54. The fraction of sp³-hybridized carbons (Fsp3) is 0.133. The quantitative estimate of drug-likeness (QED) is 0.722. The minimum absolute atomic E-state index is 0.00911. The van der Waals surface area contributed by atoms with Gasteiger partial charge in [0, 0.05) is 16.6 Å². The summed E-state index contributed by atoms with van der Waals surface area (Å²) >= 11 is 3.36. The fourth-order valence-corrected chi connectivity index (χ4v) is 2.64. The monoisotopic (exact) mass is 349 g/mol. The first-order chi connectivity index (χ1) is 10.0. The molecular formula is C15H13BrFN3O. The first-order valence-electron chi connectivity index (χ1n) is 6.47. The van der Waals surface area contributed by atoms with Crippen molar-refractivity contribution in [1.82, 2.24) is 0 Å². The Morgan fingerprint density at radius 2 is 2.00 bits per heavy atom. The Hall–Kier alpha value is -2.08. The van der Waals surface area contributed by atoms with Crippen molar-refractivity contribution in [2.45, 2.75) is 12.8 Å². The molecule has 0 bridgehead atoms. The highest BCUT2D eigenvalue weighted by atomic mass is 79.9. The Labute approximate surface area is 129 Å². The third-order valence-corrected chi connectivity index (χ3v) is 4.06. The summed E-state index contributed by atoms with van der Waals surface area (Å²) in [5.74, 6) is -0.351. The maximum atomic E-state index is 13.3. The second kappa shape index (κ2) is 5.37. The molecule has 0 aliphatic carbocycles. The van der Waals surface area contributed by atoms with E-state index in [0.717, 1.165) is 15.7 Å². The van der Waals surface area contributed by atoms with Crippen LogP contribution in [-0.2, 0) is 11.2 Å². The summed E-state index contributed by atoms with van der Waals surface area (Å²) in [4.78, 5) is 11.5. The molecule has 1 amide bonds. The number of nitrogens with two attached hydrogens (primary N) is 1. The fourth-order valence-electron chi connectivity index (χ4n) is 2.29. The van der Waals surface area contributed by atoms with E-state index < -0.39 is 0 Å². The number of carbonyl (C=O) groups excluding carboxylic acids is 1. The molecule has 2 aromatic carbocycles. The predicted molar refractivity (Wildman–Crippen MR) is 85.2 cm³/mol. The van der Waals surface area contributed by atoms with Crippen LogP contribution >= 0.6 is 15.9 Å². The lowest BCUT2D eigenvalue weighted by molar-refractivity contribution is -0.116. The largest absolute Gasteiger partial charge is 0.397 e. The molecule has 0 aromatic heterocycles. The van der Waals surface area contributed by atoms with Crippen molar-refractivity contribution in [3.05, 3.63) is 46.2 Å². The van der Waals surface area contributed by atoms with Gasteiger partial charge in [-0.05, 0) is 58.2 Å². The molecule has 2 aromatic rings. The van der Waals surface area contributed by atoms with Gasteiger partial charge < -0.3 is 16.4 Å². The van der Waals surface area contributed by atoms with Gasteiger partial charge in [0.15, 0.2) is 0 Å². The average Bonchev–Trinajstić information content (AvgIpc) is 2.44. The molecule has 4 nitrogen and oxygen atoms in total. The summed E-state index contributed by atoms with van der Waals surface area (Å²) in [7, 11) is 0. The molecule has 0 saturated carbocycles. The average molecular weight is 350 g/mol. The number of rotatable bonds is 2. The van der Waals surface area contributed by atoms with E-state index in [-0.39, 0.29) is 11.7 Å². The van der Waals surface area contributed by atoms with Crippen LogP contribution in [0, 0.1) is 5.82 Å². The minimum atomic E-state index is -0.342. The van der Waals surface area contributed by atoms with Crippen LogP contribution in [0.2, 0.25) is 0 Å². The number of anilines is 4. The SMILES string of the molecule is Nc1cc2c(cc1Nc1cc(F)ccc1Br)NC(=O)CC2. The topological polar surface area (TPSA) is 67.2 Å². The Morgan fingerprint density at radius 1 is 1.19 bits per heavy atom. The summed E-state index contributed by atoms with van der Waals surface area (Å²) in [5, 5.41) is 5.90. The number of nitrogens with one attached hydrogen (secondary N) is 2. The van der Waals surface area contributed by atoms with E-state index in [0.29, 0.717) is 29.9 Å². The second-order valence-electron chi connectivity index (χ2n) is 4.89. The first-order valence-corrected chi connectivity index (χ1v) is 7.26. The molecule has 0 saturated heterocycles. The van der Waals surface area contributed by atoms with Gasteiger partial charge in [-0.15, -0.1) is 0 Å². The lowest BCUT2D eigenvalue weighted by Crippen LogP contribution is -2.19. The van der Waals surface area contributed by atoms with Crippen molar-refractivity contribution in [2.24, 2.45) is 0 Å². The molecule has 0 unspecified atom stereocenters. The van der Waals surface area contributed by atoms with Crippen LogP contribution in [0.4, 0.5) is 27.1 Å². The van der Waals surface area contributed by atoms with Gasteiger partial charge in [-0.1, -0.05) is 0 Å². The zero-order chi connectivity index (χ0) is 15.0. The molecule has 1 aliphatic rings. The molecule has 1 aliphatic heterocycles. The van der Waals surface area contributed by atoms with Gasteiger partial charge in [0.05, 0.1) is 17.1 Å². The summed E-state index contributed by atoms with van der Waals surface area (Å²) in [6.07, 6.45) is 1.14. The molecule has 21 heavy (non-hydrogen) atoms. The van der Waals surface area contributed by atoms with Crippen molar-refractivity contribution in [3.8, 4) is 0 Å². The zero-order valence-electron chi connectivity index (χ0n) is 11.0. The standard InChI is InChI=1S/C15H13BrFN3O/c16-10-3-2-9(17)6-13(10)19-14-7-12-8(5-11(14)18)1-4-15(21)20-12/h2-3,5-7,19H,1,4,18H2,(H,20,21). The number of amides is 1. The van der Waals surface area contributed by atoms with E-state index in [4.69, 9.17) is 5.73 Å². The highest BCUT2D eigenvalue weighted by molar-refractivity contribution is 9.10. The Bertz CT molecular complexity index is 733. The van der Waals surface area contributed by atoms with Crippen LogP contribution in [0.25, 0.3) is 0 Å². The number of carbonyl (C=O) groups is 1. The molecule has 0 atom stereocenters. The van der Waals surface area contributed by atoms with Crippen LogP contribution in [-0.4, -0.2) is 5.91 Å². The third-order valence-electron chi connectivity index (χ3n) is 3.37. The maximum absolute atomic E-state index is 13.3. The van der Waals surface area contributed by atoms with E-state index in [1.807, 2.05) is 6.07 Å². The smallest absolute Gasteiger partial charge is 0.224 e. The minimum Gasteiger partial charge on any atom is -0.397 e. The molecule has 108 valence electrons. The van der Waals surface area contributed by atoms with Crippen molar-refractivity contribution in [1.29, 1.82) is 0 Å². The van der Waals surface area contributed by atoms with Crippen molar-refractivity contribution in [3.63, 3.8) is 0 Å². The van der Waals surface area contributed by atoms with Crippen molar-refractivity contribution >= 4 is 44.6 Å². The zero-order valence-corrected chi connectivity index (χ0v) is 12.6. The molecular weight excluding hydrogens is 337 g/mol. The van der Waals surface area contributed by atoms with Crippen LogP contribution in [0.5, 0.6) is 0 Å².